The summed E-state index contributed by atoms with van der Waals surface area (Å²) in [4.78, 5) is 0. The Labute approximate surface area is 107 Å². The van der Waals surface area contributed by atoms with Gasteiger partial charge >= 0.3 is 0 Å². The number of hydrogen-bond acceptors (Lipinski definition) is 2. The summed E-state index contributed by atoms with van der Waals surface area (Å²) in [5.74, 6) is 5.28. The van der Waals surface area contributed by atoms with Gasteiger partial charge < -0.3 is 0 Å². The zero-order valence-corrected chi connectivity index (χ0v) is 11.3. The number of hydrazine groups is 1. The second kappa shape index (κ2) is 5.80. The summed E-state index contributed by atoms with van der Waals surface area (Å²) < 4.78 is 13.6. The predicted molar refractivity (Wildman–Crippen MR) is 70.3 cm³/mol. The molecule has 0 heterocycles. The molecule has 17 heavy (non-hydrogen) atoms. The lowest BCUT2D eigenvalue weighted by atomic mass is 9.86. The van der Waals surface area contributed by atoms with Crippen LogP contribution in [0.2, 0.25) is 5.02 Å². The Balaban J connectivity index is 2.77. The lowest BCUT2D eigenvalue weighted by Gasteiger charge is -2.25. The summed E-state index contributed by atoms with van der Waals surface area (Å²) in [6.07, 6.45) is 1.41. The van der Waals surface area contributed by atoms with Crippen LogP contribution in [-0.4, -0.2) is 6.04 Å². The van der Waals surface area contributed by atoms with E-state index in [4.69, 9.17) is 17.4 Å². The molecule has 4 heteroatoms. The van der Waals surface area contributed by atoms with E-state index in [1.165, 1.54) is 6.07 Å². The molecule has 0 aromatic heterocycles. The van der Waals surface area contributed by atoms with Gasteiger partial charge in [0, 0.05) is 11.1 Å². The first-order chi connectivity index (χ1) is 7.81. The van der Waals surface area contributed by atoms with Gasteiger partial charge in [-0.3, -0.25) is 11.3 Å². The van der Waals surface area contributed by atoms with Gasteiger partial charge in [0.25, 0.3) is 0 Å². The zero-order valence-electron chi connectivity index (χ0n) is 10.6. The molecule has 0 aliphatic rings. The van der Waals surface area contributed by atoms with Crippen molar-refractivity contribution in [3.63, 3.8) is 0 Å². The van der Waals surface area contributed by atoms with Crippen molar-refractivity contribution in [2.24, 2.45) is 11.3 Å². The highest BCUT2D eigenvalue weighted by atomic mass is 35.5. The Kier molecular flexibility index (Phi) is 4.92. The Bertz CT molecular complexity index is 374. The van der Waals surface area contributed by atoms with Crippen LogP contribution in [0.15, 0.2) is 18.2 Å². The highest BCUT2D eigenvalue weighted by molar-refractivity contribution is 6.30. The second-order valence-electron chi connectivity index (χ2n) is 5.57. The number of rotatable bonds is 4. The molecule has 0 aliphatic heterocycles. The SMILES string of the molecule is CC(C)(C)CC(Cc1cc(Cl)ccc1F)NN. The summed E-state index contributed by atoms with van der Waals surface area (Å²) in [6, 6.07) is 4.64. The minimum Gasteiger partial charge on any atom is -0.271 e. The topological polar surface area (TPSA) is 38.0 Å². The first-order valence-electron chi connectivity index (χ1n) is 5.72. The van der Waals surface area contributed by atoms with Crippen LogP contribution in [0.5, 0.6) is 0 Å². The molecule has 1 aromatic carbocycles. The van der Waals surface area contributed by atoms with E-state index < -0.39 is 0 Å². The second-order valence-corrected chi connectivity index (χ2v) is 6.00. The fourth-order valence-electron chi connectivity index (χ4n) is 1.89. The average molecular weight is 259 g/mol. The van der Waals surface area contributed by atoms with Crippen molar-refractivity contribution in [3.8, 4) is 0 Å². The fourth-order valence-corrected chi connectivity index (χ4v) is 2.09. The van der Waals surface area contributed by atoms with E-state index in [0.29, 0.717) is 17.0 Å². The first-order valence-corrected chi connectivity index (χ1v) is 6.09. The lowest BCUT2D eigenvalue weighted by molar-refractivity contribution is 0.307. The molecule has 2 nitrogen and oxygen atoms in total. The summed E-state index contributed by atoms with van der Waals surface area (Å²) in [5.41, 5.74) is 3.49. The van der Waals surface area contributed by atoms with Crippen LogP contribution in [-0.2, 0) is 6.42 Å². The maximum atomic E-state index is 13.6. The van der Waals surface area contributed by atoms with Crippen LogP contribution in [0.25, 0.3) is 0 Å². The Hall–Kier alpha value is -0.640. The van der Waals surface area contributed by atoms with Gasteiger partial charge in [0.05, 0.1) is 0 Å². The van der Waals surface area contributed by atoms with E-state index in [2.05, 4.69) is 26.2 Å². The van der Waals surface area contributed by atoms with E-state index in [1.54, 1.807) is 12.1 Å². The molecule has 0 amide bonds. The third-order valence-corrected chi connectivity index (χ3v) is 2.80. The fraction of sp³-hybridized carbons (Fsp3) is 0.538. The standard InChI is InChI=1S/C13H20ClFN2/c1-13(2,3)8-11(17-16)7-9-6-10(14)4-5-12(9)15/h4-6,11,17H,7-8,16H2,1-3H3. The summed E-state index contributed by atoms with van der Waals surface area (Å²) in [5, 5.41) is 0.549. The van der Waals surface area contributed by atoms with Crippen molar-refractivity contribution < 1.29 is 4.39 Å². The van der Waals surface area contributed by atoms with Crippen molar-refractivity contribution in [1.82, 2.24) is 5.43 Å². The molecule has 96 valence electrons. The van der Waals surface area contributed by atoms with E-state index in [9.17, 15) is 4.39 Å². The maximum Gasteiger partial charge on any atom is 0.126 e. The highest BCUT2D eigenvalue weighted by Gasteiger charge is 2.19. The molecule has 3 N–H and O–H groups in total. The number of nitrogens with one attached hydrogen (secondary N) is 1. The maximum absolute atomic E-state index is 13.6. The van der Waals surface area contributed by atoms with Gasteiger partial charge in [-0.1, -0.05) is 32.4 Å². The monoisotopic (exact) mass is 258 g/mol. The van der Waals surface area contributed by atoms with E-state index in [1.807, 2.05) is 0 Å². The van der Waals surface area contributed by atoms with Crippen molar-refractivity contribution in [3.05, 3.63) is 34.6 Å². The molecule has 0 fully saturated rings. The van der Waals surface area contributed by atoms with Gasteiger partial charge in [0.1, 0.15) is 5.82 Å². The molecule has 0 saturated heterocycles. The van der Waals surface area contributed by atoms with Crippen molar-refractivity contribution in [2.75, 3.05) is 0 Å². The van der Waals surface area contributed by atoms with Crippen LogP contribution < -0.4 is 11.3 Å². The van der Waals surface area contributed by atoms with Gasteiger partial charge in [-0.25, -0.2) is 4.39 Å². The number of benzene rings is 1. The predicted octanol–water partition coefficient (Wildman–Crippen LogP) is 3.29. The third kappa shape index (κ3) is 5.02. The Morgan fingerprint density at radius 3 is 2.59 bits per heavy atom. The number of hydrogen-bond donors (Lipinski definition) is 2. The number of nitrogens with two attached hydrogens (primary N) is 1. The smallest absolute Gasteiger partial charge is 0.126 e. The summed E-state index contributed by atoms with van der Waals surface area (Å²) in [6.45, 7) is 6.39. The molecular weight excluding hydrogens is 239 g/mol. The minimum absolute atomic E-state index is 0.0444. The quantitative estimate of drug-likeness (QED) is 0.643. The van der Waals surface area contributed by atoms with Crippen molar-refractivity contribution in [2.45, 2.75) is 39.7 Å². The normalized spacial score (nSPS) is 13.8. The molecular formula is C13H20ClFN2. The molecule has 1 unspecified atom stereocenters. The molecule has 1 aromatic rings. The van der Waals surface area contributed by atoms with E-state index >= 15 is 0 Å². The third-order valence-electron chi connectivity index (χ3n) is 2.57. The van der Waals surface area contributed by atoms with Crippen LogP contribution in [0.1, 0.15) is 32.8 Å². The average Bonchev–Trinajstić information content (AvgIpc) is 2.20. The van der Waals surface area contributed by atoms with Gasteiger partial charge in [0.2, 0.25) is 0 Å². The Morgan fingerprint density at radius 2 is 2.06 bits per heavy atom. The summed E-state index contributed by atoms with van der Waals surface area (Å²) in [7, 11) is 0. The van der Waals surface area contributed by atoms with Crippen molar-refractivity contribution in [1.29, 1.82) is 0 Å². The lowest BCUT2D eigenvalue weighted by Crippen LogP contribution is -2.39. The van der Waals surface area contributed by atoms with E-state index in [-0.39, 0.29) is 17.3 Å². The minimum atomic E-state index is -0.233. The molecule has 0 radical (unpaired) electrons. The molecule has 0 saturated carbocycles. The van der Waals surface area contributed by atoms with Gasteiger partial charge in [-0.05, 0) is 42.0 Å². The Morgan fingerprint density at radius 1 is 1.41 bits per heavy atom. The van der Waals surface area contributed by atoms with Crippen LogP contribution in [0.4, 0.5) is 4.39 Å². The first kappa shape index (κ1) is 14.4. The van der Waals surface area contributed by atoms with Crippen LogP contribution >= 0.6 is 11.6 Å². The zero-order chi connectivity index (χ0) is 13.1. The molecule has 1 atom stereocenters. The van der Waals surface area contributed by atoms with Gasteiger partial charge in [-0.2, -0.15) is 0 Å². The molecule has 1 rings (SSSR count). The number of halogens is 2. The molecule has 0 aliphatic carbocycles. The largest absolute Gasteiger partial charge is 0.271 e. The van der Waals surface area contributed by atoms with Crippen LogP contribution in [0, 0.1) is 11.2 Å². The molecule has 0 bridgehead atoms. The molecule has 0 spiro atoms. The van der Waals surface area contributed by atoms with Crippen molar-refractivity contribution >= 4 is 11.6 Å². The highest BCUT2D eigenvalue weighted by Crippen LogP contribution is 2.24. The van der Waals surface area contributed by atoms with Gasteiger partial charge in [-0.15, -0.1) is 0 Å². The van der Waals surface area contributed by atoms with Crippen LogP contribution in [0.3, 0.4) is 0 Å². The summed E-state index contributed by atoms with van der Waals surface area (Å²) >= 11 is 5.86. The van der Waals surface area contributed by atoms with Gasteiger partial charge in [0.15, 0.2) is 0 Å². The van der Waals surface area contributed by atoms with E-state index in [0.717, 1.165) is 6.42 Å².